The highest BCUT2D eigenvalue weighted by Crippen LogP contribution is 2.34. The van der Waals surface area contributed by atoms with Gasteiger partial charge in [0.2, 0.25) is 0 Å². The van der Waals surface area contributed by atoms with Crippen LogP contribution in [0.3, 0.4) is 0 Å². The maximum absolute atomic E-state index is 11.6. The first-order valence-corrected chi connectivity index (χ1v) is 8.86. The fourth-order valence-corrected chi connectivity index (χ4v) is 3.32. The minimum absolute atomic E-state index is 0.0761. The Balaban J connectivity index is 2.39. The molecule has 4 heteroatoms. The van der Waals surface area contributed by atoms with Crippen LogP contribution in [0.2, 0.25) is 0 Å². The van der Waals surface area contributed by atoms with Gasteiger partial charge in [0.25, 0.3) is 0 Å². The zero-order valence-electron chi connectivity index (χ0n) is 14.8. The van der Waals surface area contributed by atoms with Crippen LogP contribution in [0.5, 0.6) is 5.75 Å². The van der Waals surface area contributed by atoms with Crippen molar-refractivity contribution in [1.29, 1.82) is 0 Å². The number of hydrogen-bond acceptors (Lipinski definition) is 4. The second-order valence-corrected chi connectivity index (χ2v) is 7.60. The van der Waals surface area contributed by atoms with Crippen molar-refractivity contribution in [2.45, 2.75) is 47.5 Å². The standard InChI is InChI=1S/C19H25NO2S/c1-11(2)10-22-17-8-7-15(9-16(17)12(3)4)19-20-13(5)18(23-19)14(6)21/h7-9,11-12H,10H2,1-6H3. The third-order valence-corrected chi connectivity index (χ3v) is 4.87. The van der Waals surface area contributed by atoms with E-state index in [1.807, 2.05) is 19.1 Å². The van der Waals surface area contributed by atoms with E-state index in [4.69, 9.17) is 4.74 Å². The normalized spacial score (nSPS) is 11.3. The molecule has 0 saturated heterocycles. The van der Waals surface area contributed by atoms with Crippen LogP contribution >= 0.6 is 11.3 Å². The number of Topliss-reactive ketones (excluding diaryl/α,β-unsaturated/α-hetero) is 1. The number of ketones is 1. The Morgan fingerprint density at radius 2 is 1.96 bits per heavy atom. The van der Waals surface area contributed by atoms with Gasteiger partial charge >= 0.3 is 0 Å². The summed E-state index contributed by atoms with van der Waals surface area (Å²) in [6.07, 6.45) is 0. The number of benzene rings is 1. The Labute approximate surface area is 142 Å². The van der Waals surface area contributed by atoms with Crippen molar-refractivity contribution in [2.75, 3.05) is 6.61 Å². The fraction of sp³-hybridized carbons (Fsp3) is 0.474. The molecule has 0 aliphatic rings. The van der Waals surface area contributed by atoms with Gasteiger partial charge in [-0.2, -0.15) is 0 Å². The lowest BCUT2D eigenvalue weighted by Crippen LogP contribution is -2.06. The molecular formula is C19H25NO2S. The van der Waals surface area contributed by atoms with Gasteiger partial charge in [0.15, 0.2) is 5.78 Å². The molecule has 0 fully saturated rings. The molecule has 0 unspecified atom stereocenters. The summed E-state index contributed by atoms with van der Waals surface area (Å²) in [5.74, 6) is 1.88. The zero-order valence-corrected chi connectivity index (χ0v) is 15.6. The molecule has 2 rings (SSSR count). The van der Waals surface area contributed by atoms with Crippen molar-refractivity contribution in [2.24, 2.45) is 5.92 Å². The summed E-state index contributed by atoms with van der Waals surface area (Å²) in [4.78, 5) is 16.9. The molecule has 0 amide bonds. The van der Waals surface area contributed by atoms with Gasteiger partial charge in [0.1, 0.15) is 10.8 Å². The number of thiazole rings is 1. The zero-order chi connectivity index (χ0) is 17.1. The lowest BCUT2D eigenvalue weighted by Gasteiger charge is -2.16. The second kappa shape index (κ2) is 7.26. The molecule has 0 aliphatic heterocycles. The van der Waals surface area contributed by atoms with Crippen LogP contribution < -0.4 is 4.74 Å². The Hall–Kier alpha value is -1.68. The summed E-state index contributed by atoms with van der Waals surface area (Å²) in [6.45, 7) is 12.8. The monoisotopic (exact) mass is 331 g/mol. The van der Waals surface area contributed by atoms with Crippen LogP contribution in [-0.2, 0) is 0 Å². The first kappa shape index (κ1) is 17.7. The van der Waals surface area contributed by atoms with Crippen LogP contribution in [-0.4, -0.2) is 17.4 Å². The predicted octanol–water partition coefficient (Wildman–Crippen LogP) is 5.48. The molecule has 0 atom stereocenters. The number of ether oxygens (including phenoxy) is 1. The van der Waals surface area contributed by atoms with Crippen LogP contribution in [0.4, 0.5) is 0 Å². The van der Waals surface area contributed by atoms with Crippen LogP contribution in [0.25, 0.3) is 10.6 Å². The van der Waals surface area contributed by atoms with Gasteiger partial charge < -0.3 is 4.74 Å². The van der Waals surface area contributed by atoms with E-state index >= 15 is 0 Å². The molecule has 3 nitrogen and oxygen atoms in total. The Kier molecular flexibility index (Phi) is 5.58. The van der Waals surface area contributed by atoms with E-state index in [1.165, 1.54) is 16.9 Å². The summed E-state index contributed by atoms with van der Waals surface area (Å²) in [7, 11) is 0. The molecule has 124 valence electrons. The molecule has 0 radical (unpaired) electrons. The highest BCUT2D eigenvalue weighted by Gasteiger charge is 2.16. The van der Waals surface area contributed by atoms with E-state index in [0.29, 0.717) is 18.4 Å². The number of hydrogen-bond donors (Lipinski definition) is 0. The number of aryl methyl sites for hydroxylation is 1. The number of carbonyl (C=O) groups excluding carboxylic acids is 1. The van der Waals surface area contributed by atoms with Crippen molar-refractivity contribution >= 4 is 17.1 Å². The average molecular weight is 331 g/mol. The van der Waals surface area contributed by atoms with Crippen molar-refractivity contribution in [1.82, 2.24) is 4.98 Å². The molecule has 23 heavy (non-hydrogen) atoms. The Morgan fingerprint density at radius 1 is 1.26 bits per heavy atom. The minimum Gasteiger partial charge on any atom is -0.493 e. The Morgan fingerprint density at radius 3 is 2.48 bits per heavy atom. The van der Waals surface area contributed by atoms with E-state index in [2.05, 4.69) is 38.7 Å². The second-order valence-electron chi connectivity index (χ2n) is 6.60. The van der Waals surface area contributed by atoms with Gasteiger partial charge in [-0.05, 0) is 42.5 Å². The highest BCUT2D eigenvalue weighted by molar-refractivity contribution is 7.17. The molecule has 0 N–H and O–H groups in total. The largest absolute Gasteiger partial charge is 0.493 e. The average Bonchev–Trinajstić information content (AvgIpc) is 2.87. The maximum Gasteiger partial charge on any atom is 0.171 e. The summed E-state index contributed by atoms with van der Waals surface area (Å²) in [6, 6.07) is 6.20. The van der Waals surface area contributed by atoms with E-state index in [-0.39, 0.29) is 5.78 Å². The third-order valence-electron chi connectivity index (χ3n) is 3.57. The molecule has 0 aliphatic carbocycles. The van der Waals surface area contributed by atoms with Gasteiger partial charge in [-0.15, -0.1) is 11.3 Å². The number of nitrogens with zero attached hydrogens (tertiary/aromatic N) is 1. The topological polar surface area (TPSA) is 39.2 Å². The molecule has 0 bridgehead atoms. The van der Waals surface area contributed by atoms with Gasteiger partial charge in [-0.3, -0.25) is 4.79 Å². The highest BCUT2D eigenvalue weighted by atomic mass is 32.1. The SMILES string of the molecule is CC(=O)c1sc(-c2ccc(OCC(C)C)c(C(C)C)c2)nc1C. The lowest BCUT2D eigenvalue weighted by atomic mass is 9.99. The summed E-state index contributed by atoms with van der Waals surface area (Å²) >= 11 is 1.46. The molecular weight excluding hydrogens is 306 g/mol. The van der Waals surface area contributed by atoms with Gasteiger partial charge in [0.05, 0.1) is 17.2 Å². The van der Waals surface area contributed by atoms with Gasteiger partial charge in [-0.25, -0.2) is 4.98 Å². The van der Waals surface area contributed by atoms with Crippen LogP contribution in [0.15, 0.2) is 18.2 Å². The van der Waals surface area contributed by atoms with Crippen molar-refractivity contribution < 1.29 is 9.53 Å². The van der Waals surface area contributed by atoms with Crippen molar-refractivity contribution in [3.05, 3.63) is 34.3 Å². The van der Waals surface area contributed by atoms with E-state index < -0.39 is 0 Å². The molecule has 0 spiro atoms. The molecule has 0 saturated carbocycles. The maximum atomic E-state index is 11.6. The molecule has 1 aromatic heterocycles. The molecule has 1 aromatic carbocycles. The summed E-state index contributed by atoms with van der Waals surface area (Å²) in [5.41, 5.74) is 3.04. The third kappa shape index (κ3) is 4.20. The summed E-state index contributed by atoms with van der Waals surface area (Å²) < 4.78 is 5.95. The Bertz CT molecular complexity index is 701. The first-order valence-electron chi connectivity index (χ1n) is 8.05. The van der Waals surface area contributed by atoms with Gasteiger partial charge in [0, 0.05) is 12.5 Å². The number of aromatic nitrogens is 1. The minimum atomic E-state index is 0.0761. The lowest BCUT2D eigenvalue weighted by molar-refractivity contribution is 0.102. The van der Waals surface area contributed by atoms with E-state index in [1.54, 1.807) is 6.92 Å². The smallest absolute Gasteiger partial charge is 0.171 e. The van der Waals surface area contributed by atoms with E-state index in [0.717, 1.165) is 26.9 Å². The van der Waals surface area contributed by atoms with Crippen LogP contribution in [0.1, 0.15) is 61.5 Å². The fourth-order valence-electron chi connectivity index (χ4n) is 2.37. The molecule has 2 aromatic rings. The van der Waals surface area contributed by atoms with E-state index in [9.17, 15) is 4.79 Å². The summed E-state index contributed by atoms with van der Waals surface area (Å²) in [5, 5.41) is 0.894. The molecule has 1 heterocycles. The van der Waals surface area contributed by atoms with Gasteiger partial charge in [-0.1, -0.05) is 27.7 Å². The number of carbonyl (C=O) groups is 1. The van der Waals surface area contributed by atoms with Crippen LogP contribution in [0, 0.1) is 12.8 Å². The first-order chi connectivity index (χ1) is 10.8. The van der Waals surface area contributed by atoms with Crippen molar-refractivity contribution in [3.8, 4) is 16.3 Å². The van der Waals surface area contributed by atoms with Crippen molar-refractivity contribution in [3.63, 3.8) is 0 Å². The quantitative estimate of drug-likeness (QED) is 0.658. The predicted molar refractivity (Wildman–Crippen MR) is 96.7 cm³/mol. The number of rotatable bonds is 6.